The van der Waals surface area contributed by atoms with E-state index in [9.17, 15) is 4.79 Å². The number of hydrogen-bond donors (Lipinski definition) is 1. The van der Waals surface area contributed by atoms with Crippen LogP contribution in [0.4, 0.5) is 0 Å². The molecule has 0 spiro atoms. The normalized spacial score (nSPS) is 15.5. The fraction of sp³-hybridized carbons (Fsp3) is 0.688. The Balaban J connectivity index is 0.00000288. The first-order valence-electron chi connectivity index (χ1n) is 8.23. The highest BCUT2D eigenvalue weighted by atomic mass is 127. The van der Waals surface area contributed by atoms with Crippen LogP contribution in [0.1, 0.15) is 30.7 Å². The van der Waals surface area contributed by atoms with Crippen LogP contribution in [-0.4, -0.2) is 59.9 Å². The summed E-state index contributed by atoms with van der Waals surface area (Å²) in [7, 11) is 1.80. The molecule has 24 heavy (non-hydrogen) atoms. The zero-order valence-corrected chi connectivity index (χ0v) is 18.1. The van der Waals surface area contributed by atoms with E-state index in [-0.39, 0.29) is 35.8 Å². The molecule has 0 unspecified atom stereocenters. The molecule has 1 fully saturated rings. The maximum absolute atomic E-state index is 12.0. The minimum absolute atomic E-state index is 0. The standard InChI is InChI=1S/C16H27N5OS.HI/c1-5-13-10-18-14(23-13)11-19-16(17-4)21-8-6-20(7-9-21)15(22)12(2)3;/h10,12H,5-9,11H2,1-4H3,(H,17,19);1H. The summed E-state index contributed by atoms with van der Waals surface area (Å²) in [5.74, 6) is 1.19. The van der Waals surface area contributed by atoms with Crippen LogP contribution in [0.25, 0.3) is 0 Å². The summed E-state index contributed by atoms with van der Waals surface area (Å²) in [6.45, 7) is 9.89. The number of thiazole rings is 1. The Morgan fingerprint density at radius 2 is 1.96 bits per heavy atom. The third-order valence-electron chi connectivity index (χ3n) is 3.94. The predicted octanol–water partition coefficient (Wildman–Crippen LogP) is 2.20. The number of carbonyl (C=O) groups is 1. The molecule has 1 aliphatic heterocycles. The molecule has 0 aliphatic carbocycles. The monoisotopic (exact) mass is 465 g/mol. The predicted molar refractivity (Wildman–Crippen MR) is 110 cm³/mol. The third kappa shape index (κ3) is 5.58. The number of aromatic nitrogens is 1. The van der Waals surface area contributed by atoms with E-state index in [0.717, 1.165) is 43.6 Å². The smallest absolute Gasteiger partial charge is 0.225 e. The molecule has 0 saturated carbocycles. The van der Waals surface area contributed by atoms with Gasteiger partial charge in [-0.1, -0.05) is 20.8 Å². The second kappa shape index (κ2) is 10.2. The van der Waals surface area contributed by atoms with E-state index in [1.165, 1.54) is 4.88 Å². The summed E-state index contributed by atoms with van der Waals surface area (Å²) >= 11 is 1.74. The molecule has 1 saturated heterocycles. The van der Waals surface area contributed by atoms with Gasteiger partial charge in [-0.3, -0.25) is 9.79 Å². The van der Waals surface area contributed by atoms with Gasteiger partial charge in [0.15, 0.2) is 5.96 Å². The number of rotatable bonds is 4. The molecule has 0 aromatic carbocycles. The lowest BCUT2D eigenvalue weighted by Gasteiger charge is -2.37. The van der Waals surface area contributed by atoms with E-state index in [4.69, 9.17) is 0 Å². The minimum atomic E-state index is 0. The van der Waals surface area contributed by atoms with Crippen LogP contribution >= 0.6 is 35.3 Å². The van der Waals surface area contributed by atoms with Gasteiger partial charge in [0.25, 0.3) is 0 Å². The molecule has 0 atom stereocenters. The Hall–Kier alpha value is -0.900. The first-order valence-corrected chi connectivity index (χ1v) is 9.04. The summed E-state index contributed by atoms with van der Waals surface area (Å²) in [5.41, 5.74) is 0. The van der Waals surface area contributed by atoms with Crippen molar-refractivity contribution in [1.29, 1.82) is 0 Å². The van der Waals surface area contributed by atoms with Crippen molar-refractivity contribution in [2.45, 2.75) is 33.7 Å². The molecule has 8 heteroatoms. The SMILES string of the molecule is CCc1cnc(CNC(=NC)N2CCN(C(=O)C(C)C)CC2)s1.I. The topological polar surface area (TPSA) is 60.8 Å². The van der Waals surface area contributed by atoms with E-state index < -0.39 is 0 Å². The maximum Gasteiger partial charge on any atom is 0.225 e. The maximum atomic E-state index is 12.0. The highest BCUT2D eigenvalue weighted by Crippen LogP contribution is 2.13. The Morgan fingerprint density at radius 3 is 2.46 bits per heavy atom. The van der Waals surface area contributed by atoms with Crippen molar-refractivity contribution in [3.05, 3.63) is 16.1 Å². The van der Waals surface area contributed by atoms with Crippen LogP contribution in [0, 0.1) is 5.92 Å². The van der Waals surface area contributed by atoms with E-state index in [0.29, 0.717) is 6.54 Å². The van der Waals surface area contributed by atoms with Crippen molar-refractivity contribution in [1.82, 2.24) is 20.1 Å². The quantitative estimate of drug-likeness (QED) is 0.421. The minimum Gasteiger partial charge on any atom is -0.350 e. The molecule has 2 heterocycles. The molecule has 1 N–H and O–H groups in total. The van der Waals surface area contributed by atoms with Gasteiger partial charge in [-0.15, -0.1) is 35.3 Å². The number of aliphatic imine (C=N–C) groups is 1. The van der Waals surface area contributed by atoms with Gasteiger partial charge in [-0.05, 0) is 6.42 Å². The number of aryl methyl sites for hydroxylation is 1. The molecule has 1 aromatic rings. The van der Waals surface area contributed by atoms with E-state index in [1.54, 1.807) is 18.4 Å². The van der Waals surface area contributed by atoms with E-state index in [2.05, 4.69) is 27.1 Å². The molecule has 136 valence electrons. The van der Waals surface area contributed by atoms with Crippen molar-refractivity contribution < 1.29 is 4.79 Å². The number of carbonyl (C=O) groups excluding carboxylic acids is 1. The highest BCUT2D eigenvalue weighted by Gasteiger charge is 2.24. The number of hydrogen-bond acceptors (Lipinski definition) is 4. The number of piperazine rings is 1. The van der Waals surface area contributed by atoms with Gasteiger partial charge in [0.1, 0.15) is 5.01 Å². The van der Waals surface area contributed by atoms with Crippen LogP contribution in [0.5, 0.6) is 0 Å². The average molecular weight is 465 g/mol. The van der Waals surface area contributed by atoms with Gasteiger partial charge in [-0.2, -0.15) is 0 Å². The van der Waals surface area contributed by atoms with Crippen molar-refractivity contribution >= 4 is 47.2 Å². The lowest BCUT2D eigenvalue weighted by atomic mass is 10.1. The van der Waals surface area contributed by atoms with Crippen molar-refractivity contribution in [3.63, 3.8) is 0 Å². The molecule has 2 rings (SSSR count). The van der Waals surface area contributed by atoms with Crippen molar-refractivity contribution in [3.8, 4) is 0 Å². The Bertz CT molecular complexity index is 552. The highest BCUT2D eigenvalue weighted by molar-refractivity contribution is 14.0. The van der Waals surface area contributed by atoms with Crippen molar-refractivity contribution in [2.24, 2.45) is 10.9 Å². The van der Waals surface area contributed by atoms with E-state index in [1.807, 2.05) is 24.9 Å². The molecule has 0 bridgehead atoms. The third-order valence-corrected chi connectivity index (χ3v) is 5.09. The fourth-order valence-corrected chi connectivity index (χ4v) is 3.39. The van der Waals surface area contributed by atoms with Gasteiger partial charge in [0.2, 0.25) is 5.91 Å². The lowest BCUT2D eigenvalue weighted by molar-refractivity contribution is -0.135. The Morgan fingerprint density at radius 1 is 1.33 bits per heavy atom. The van der Waals surface area contributed by atoms with Crippen LogP contribution in [0.3, 0.4) is 0 Å². The summed E-state index contributed by atoms with van der Waals surface area (Å²) in [4.78, 5) is 26.3. The summed E-state index contributed by atoms with van der Waals surface area (Å²) in [6.07, 6.45) is 2.97. The number of nitrogens with one attached hydrogen (secondary N) is 1. The summed E-state index contributed by atoms with van der Waals surface area (Å²) < 4.78 is 0. The number of amides is 1. The summed E-state index contributed by atoms with van der Waals surface area (Å²) in [5, 5.41) is 4.46. The zero-order chi connectivity index (χ0) is 16.8. The largest absolute Gasteiger partial charge is 0.350 e. The summed E-state index contributed by atoms with van der Waals surface area (Å²) in [6, 6.07) is 0. The molecular formula is C16H28IN5OS. The fourth-order valence-electron chi connectivity index (χ4n) is 2.58. The van der Waals surface area contributed by atoms with Crippen molar-refractivity contribution in [2.75, 3.05) is 33.2 Å². The van der Waals surface area contributed by atoms with Gasteiger partial charge >= 0.3 is 0 Å². The molecule has 0 radical (unpaired) electrons. The van der Waals surface area contributed by atoms with Crippen LogP contribution in [0.2, 0.25) is 0 Å². The number of guanidine groups is 1. The second-order valence-corrected chi connectivity index (χ2v) is 7.14. The molecular weight excluding hydrogens is 437 g/mol. The first kappa shape index (κ1) is 21.1. The molecule has 1 aromatic heterocycles. The molecule has 1 amide bonds. The first-order chi connectivity index (χ1) is 11.0. The molecule has 6 nitrogen and oxygen atoms in total. The van der Waals surface area contributed by atoms with E-state index >= 15 is 0 Å². The average Bonchev–Trinajstić information content (AvgIpc) is 3.03. The Kier molecular flexibility index (Phi) is 8.96. The van der Waals surface area contributed by atoms with Crippen LogP contribution < -0.4 is 5.32 Å². The van der Waals surface area contributed by atoms with Gasteiger partial charge < -0.3 is 15.1 Å². The van der Waals surface area contributed by atoms with Crippen LogP contribution in [-0.2, 0) is 17.8 Å². The van der Waals surface area contributed by atoms with Gasteiger partial charge in [0.05, 0.1) is 6.54 Å². The number of nitrogens with zero attached hydrogens (tertiary/aromatic N) is 4. The number of halogens is 1. The molecule has 1 aliphatic rings. The second-order valence-electron chi connectivity index (χ2n) is 5.94. The van der Waals surface area contributed by atoms with Gasteiger partial charge in [0, 0.05) is 50.2 Å². The van der Waals surface area contributed by atoms with Crippen LogP contribution in [0.15, 0.2) is 11.2 Å². The zero-order valence-electron chi connectivity index (χ0n) is 14.9. The Labute approximate surface area is 165 Å². The lowest BCUT2D eigenvalue weighted by Crippen LogP contribution is -2.54. The van der Waals surface area contributed by atoms with Gasteiger partial charge in [-0.25, -0.2) is 4.98 Å².